The molecule has 0 bridgehead atoms. The van der Waals surface area contributed by atoms with Crippen molar-refractivity contribution in [3.8, 4) is 6.07 Å². The van der Waals surface area contributed by atoms with Gasteiger partial charge in [0.25, 0.3) is 0 Å². The van der Waals surface area contributed by atoms with Crippen molar-refractivity contribution in [2.24, 2.45) is 5.92 Å². The van der Waals surface area contributed by atoms with E-state index < -0.39 is 17.9 Å². The lowest BCUT2D eigenvalue weighted by Crippen LogP contribution is -2.55. The molecule has 3 unspecified atom stereocenters. The van der Waals surface area contributed by atoms with E-state index in [4.69, 9.17) is 5.11 Å². The molecule has 0 saturated carbocycles. The van der Waals surface area contributed by atoms with Gasteiger partial charge in [0.2, 0.25) is 5.91 Å². The van der Waals surface area contributed by atoms with Gasteiger partial charge in [-0.25, -0.2) is 4.79 Å². The second-order valence-corrected chi connectivity index (χ2v) is 6.96. The first-order valence-electron chi connectivity index (χ1n) is 8.03. The van der Waals surface area contributed by atoms with E-state index in [0.29, 0.717) is 5.75 Å². The maximum atomic E-state index is 12.3. The molecule has 2 aromatic carbocycles. The van der Waals surface area contributed by atoms with Crippen molar-refractivity contribution in [3.63, 3.8) is 0 Å². The van der Waals surface area contributed by atoms with Gasteiger partial charge in [-0.15, -0.1) is 11.8 Å². The third kappa shape index (κ3) is 4.04. The van der Waals surface area contributed by atoms with Gasteiger partial charge >= 0.3 is 5.97 Å². The smallest absolute Gasteiger partial charge is 0.335 e. The summed E-state index contributed by atoms with van der Waals surface area (Å²) >= 11 is 1.44. The number of amides is 1. The minimum Gasteiger partial charge on any atom is -0.478 e. The van der Waals surface area contributed by atoms with Crippen molar-refractivity contribution in [3.05, 3.63) is 71.3 Å². The molecule has 1 saturated heterocycles. The first kappa shape index (κ1) is 18.0. The van der Waals surface area contributed by atoms with Crippen LogP contribution in [0.15, 0.2) is 54.6 Å². The molecule has 1 amide bonds. The Hall–Kier alpha value is -2.82. The number of aromatic carboxylic acids is 1. The molecular formula is C19H17N3O3S. The SMILES string of the molecule is N#CC1C(=O)NC(SCc2cccc(C(=O)O)c2)NC1c1ccccc1. The summed E-state index contributed by atoms with van der Waals surface area (Å²) in [5.74, 6) is -1.55. The lowest BCUT2D eigenvalue weighted by atomic mass is 9.92. The van der Waals surface area contributed by atoms with Crippen molar-refractivity contribution < 1.29 is 14.7 Å². The number of nitrogens with one attached hydrogen (secondary N) is 2. The standard InChI is InChI=1S/C19H17N3O3S/c20-10-15-16(13-6-2-1-3-7-13)21-19(22-17(15)23)26-11-12-5-4-8-14(9-12)18(24)25/h1-9,15-16,19,21H,11H2,(H,22,23)(H,24,25). The van der Waals surface area contributed by atoms with Gasteiger partial charge < -0.3 is 10.4 Å². The van der Waals surface area contributed by atoms with Crippen LogP contribution in [0.3, 0.4) is 0 Å². The molecule has 3 rings (SSSR count). The van der Waals surface area contributed by atoms with Crippen molar-refractivity contribution in [1.82, 2.24) is 10.6 Å². The molecule has 0 aromatic heterocycles. The van der Waals surface area contributed by atoms with Gasteiger partial charge in [-0.05, 0) is 23.3 Å². The maximum Gasteiger partial charge on any atom is 0.335 e. The Morgan fingerprint density at radius 2 is 1.96 bits per heavy atom. The number of carboxylic acid groups (broad SMARTS) is 1. The number of hydrogen-bond acceptors (Lipinski definition) is 5. The van der Waals surface area contributed by atoms with Crippen LogP contribution in [0.5, 0.6) is 0 Å². The molecule has 26 heavy (non-hydrogen) atoms. The van der Waals surface area contributed by atoms with Gasteiger partial charge in [0.1, 0.15) is 11.4 Å². The van der Waals surface area contributed by atoms with Gasteiger partial charge in [-0.1, -0.05) is 42.5 Å². The molecule has 6 nitrogen and oxygen atoms in total. The van der Waals surface area contributed by atoms with Crippen LogP contribution < -0.4 is 10.6 Å². The van der Waals surface area contributed by atoms with E-state index in [-0.39, 0.29) is 17.0 Å². The number of carbonyl (C=O) groups is 2. The Morgan fingerprint density at radius 1 is 1.19 bits per heavy atom. The minimum atomic E-state index is -0.970. The Kier molecular flexibility index (Phi) is 5.56. The zero-order chi connectivity index (χ0) is 18.5. The lowest BCUT2D eigenvalue weighted by Gasteiger charge is -2.34. The van der Waals surface area contributed by atoms with E-state index in [1.165, 1.54) is 11.8 Å². The van der Waals surface area contributed by atoms with Gasteiger partial charge in [0.15, 0.2) is 0 Å². The molecule has 3 atom stereocenters. The van der Waals surface area contributed by atoms with Crippen LogP contribution in [0.1, 0.15) is 27.5 Å². The predicted molar refractivity (Wildman–Crippen MR) is 98.0 cm³/mol. The zero-order valence-electron chi connectivity index (χ0n) is 13.8. The Balaban J connectivity index is 1.71. The molecule has 0 aliphatic carbocycles. The summed E-state index contributed by atoms with van der Waals surface area (Å²) in [6, 6.07) is 17.8. The molecule has 1 heterocycles. The number of rotatable bonds is 5. The highest BCUT2D eigenvalue weighted by Crippen LogP contribution is 2.29. The third-order valence-electron chi connectivity index (χ3n) is 4.11. The van der Waals surface area contributed by atoms with Crippen LogP contribution in [-0.4, -0.2) is 22.5 Å². The van der Waals surface area contributed by atoms with Crippen molar-refractivity contribution >= 4 is 23.6 Å². The second kappa shape index (κ2) is 8.04. The number of nitriles is 1. The first-order chi connectivity index (χ1) is 12.6. The molecular weight excluding hydrogens is 350 g/mol. The summed E-state index contributed by atoms with van der Waals surface area (Å²) in [5.41, 5.74) is 1.60. The Morgan fingerprint density at radius 3 is 2.65 bits per heavy atom. The summed E-state index contributed by atoms with van der Waals surface area (Å²) in [6.45, 7) is 0. The number of benzene rings is 2. The summed E-state index contributed by atoms with van der Waals surface area (Å²) in [6.07, 6.45) is 0. The quantitative estimate of drug-likeness (QED) is 0.750. The molecule has 1 aliphatic rings. The second-order valence-electron chi connectivity index (χ2n) is 5.87. The fourth-order valence-corrected chi connectivity index (χ4v) is 3.80. The van der Waals surface area contributed by atoms with Crippen molar-refractivity contribution in [1.29, 1.82) is 5.26 Å². The van der Waals surface area contributed by atoms with Crippen LogP contribution in [-0.2, 0) is 10.5 Å². The number of thioether (sulfide) groups is 1. The van der Waals surface area contributed by atoms with Crippen LogP contribution in [0.25, 0.3) is 0 Å². The monoisotopic (exact) mass is 367 g/mol. The fraction of sp³-hybridized carbons (Fsp3) is 0.211. The highest BCUT2D eigenvalue weighted by molar-refractivity contribution is 7.99. The zero-order valence-corrected chi connectivity index (χ0v) is 14.6. The van der Waals surface area contributed by atoms with Crippen LogP contribution >= 0.6 is 11.8 Å². The molecule has 0 radical (unpaired) electrons. The highest BCUT2D eigenvalue weighted by atomic mass is 32.2. The van der Waals surface area contributed by atoms with E-state index in [1.54, 1.807) is 18.2 Å². The van der Waals surface area contributed by atoms with Gasteiger partial charge in [0, 0.05) is 5.75 Å². The average Bonchev–Trinajstić information content (AvgIpc) is 2.67. The Labute approximate surface area is 155 Å². The highest BCUT2D eigenvalue weighted by Gasteiger charge is 2.37. The summed E-state index contributed by atoms with van der Waals surface area (Å²) in [5, 5.41) is 24.5. The fourth-order valence-electron chi connectivity index (χ4n) is 2.82. The lowest BCUT2D eigenvalue weighted by molar-refractivity contribution is -0.126. The maximum absolute atomic E-state index is 12.3. The molecule has 1 aliphatic heterocycles. The minimum absolute atomic E-state index is 0.232. The van der Waals surface area contributed by atoms with E-state index >= 15 is 0 Å². The molecule has 2 aromatic rings. The topological polar surface area (TPSA) is 102 Å². The third-order valence-corrected chi connectivity index (χ3v) is 5.20. The predicted octanol–water partition coefficient (Wildman–Crippen LogP) is 2.50. The van der Waals surface area contributed by atoms with Gasteiger partial charge in [-0.3, -0.25) is 10.1 Å². The normalized spacial score (nSPS) is 22.3. The van der Waals surface area contributed by atoms with Gasteiger partial charge in [0.05, 0.1) is 17.7 Å². The number of carboxylic acids is 1. The summed E-state index contributed by atoms with van der Waals surface area (Å²) in [4.78, 5) is 23.4. The molecule has 1 fully saturated rings. The first-order valence-corrected chi connectivity index (χ1v) is 9.08. The van der Waals surface area contributed by atoms with E-state index in [9.17, 15) is 14.9 Å². The van der Waals surface area contributed by atoms with E-state index in [2.05, 4.69) is 16.7 Å². The van der Waals surface area contributed by atoms with Crippen molar-refractivity contribution in [2.75, 3.05) is 0 Å². The number of nitrogens with zero attached hydrogens (tertiary/aromatic N) is 1. The molecule has 3 N–H and O–H groups in total. The number of carbonyl (C=O) groups excluding carboxylic acids is 1. The Bertz CT molecular complexity index is 851. The number of hydrogen-bond donors (Lipinski definition) is 3. The molecule has 0 spiro atoms. The van der Waals surface area contributed by atoms with Gasteiger partial charge in [-0.2, -0.15) is 5.26 Å². The molecule has 132 valence electrons. The van der Waals surface area contributed by atoms with E-state index in [0.717, 1.165) is 11.1 Å². The largest absolute Gasteiger partial charge is 0.478 e. The average molecular weight is 367 g/mol. The summed E-state index contributed by atoms with van der Waals surface area (Å²) in [7, 11) is 0. The van der Waals surface area contributed by atoms with E-state index in [1.807, 2.05) is 36.4 Å². The van der Waals surface area contributed by atoms with Crippen LogP contribution in [0, 0.1) is 17.2 Å². The summed E-state index contributed by atoms with van der Waals surface area (Å²) < 4.78 is 0. The molecule has 7 heteroatoms. The van der Waals surface area contributed by atoms with Crippen LogP contribution in [0.4, 0.5) is 0 Å². The van der Waals surface area contributed by atoms with Crippen molar-refractivity contribution in [2.45, 2.75) is 17.3 Å². The van der Waals surface area contributed by atoms with Crippen LogP contribution in [0.2, 0.25) is 0 Å².